The first-order valence-corrected chi connectivity index (χ1v) is 5.94. The Labute approximate surface area is 103 Å². The van der Waals surface area contributed by atoms with E-state index in [0.29, 0.717) is 6.42 Å². The molecule has 4 nitrogen and oxygen atoms in total. The van der Waals surface area contributed by atoms with Gasteiger partial charge in [-0.05, 0) is 32.0 Å². The highest BCUT2D eigenvalue weighted by Gasteiger charge is 2.02. The predicted octanol–water partition coefficient (Wildman–Crippen LogP) is 0.931. The molecule has 0 aliphatic carbocycles. The number of hydrazine groups is 1. The zero-order valence-electron chi connectivity index (χ0n) is 10.4. The molecular weight excluding hydrogens is 214 g/mol. The Morgan fingerprint density at radius 3 is 2.65 bits per heavy atom. The van der Waals surface area contributed by atoms with Crippen LogP contribution in [0.2, 0.25) is 0 Å². The quantitative estimate of drug-likeness (QED) is 0.420. The van der Waals surface area contributed by atoms with Crippen molar-refractivity contribution in [2.75, 3.05) is 20.1 Å². The molecule has 17 heavy (non-hydrogen) atoms. The summed E-state index contributed by atoms with van der Waals surface area (Å²) in [5, 5.41) is 0. The molecule has 1 amide bonds. The zero-order chi connectivity index (χ0) is 12.5. The van der Waals surface area contributed by atoms with E-state index >= 15 is 0 Å². The highest BCUT2D eigenvalue weighted by atomic mass is 16.2. The van der Waals surface area contributed by atoms with Gasteiger partial charge in [-0.15, -0.1) is 0 Å². The molecule has 0 fully saturated rings. The number of carbonyl (C=O) groups excluding carboxylic acids is 1. The van der Waals surface area contributed by atoms with Crippen molar-refractivity contribution in [3.05, 3.63) is 35.9 Å². The van der Waals surface area contributed by atoms with Crippen LogP contribution in [0.25, 0.3) is 0 Å². The molecule has 0 aromatic heterocycles. The highest BCUT2D eigenvalue weighted by molar-refractivity contribution is 5.75. The molecule has 4 heteroatoms. The smallest absolute Gasteiger partial charge is 0.233 e. The van der Waals surface area contributed by atoms with Crippen molar-refractivity contribution in [2.45, 2.75) is 19.3 Å². The topological polar surface area (TPSA) is 58.4 Å². The van der Waals surface area contributed by atoms with Gasteiger partial charge in [0.05, 0.1) is 0 Å². The molecule has 0 aliphatic heterocycles. The summed E-state index contributed by atoms with van der Waals surface area (Å²) in [4.78, 5) is 13.2. The van der Waals surface area contributed by atoms with Gasteiger partial charge in [-0.2, -0.15) is 0 Å². The standard InChI is InChI=1S/C13H21N3O/c1-16(10-5-8-13(17)15-14)11-9-12-6-3-2-4-7-12/h2-4,6-7H,5,8-11,14H2,1H3,(H,15,17). The molecule has 0 heterocycles. The fourth-order valence-electron chi connectivity index (χ4n) is 1.66. The van der Waals surface area contributed by atoms with Gasteiger partial charge in [-0.3, -0.25) is 10.2 Å². The Hall–Kier alpha value is -1.39. The second-order valence-corrected chi connectivity index (χ2v) is 4.21. The molecule has 0 radical (unpaired) electrons. The van der Waals surface area contributed by atoms with Crippen molar-refractivity contribution in [1.82, 2.24) is 10.3 Å². The lowest BCUT2D eigenvalue weighted by atomic mass is 10.1. The number of rotatable bonds is 7. The van der Waals surface area contributed by atoms with Crippen LogP contribution in [0.5, 0.6) is 0 Å². The maximum atomic E-state index is 10.9. The minimum Gasteiger partial charge on any atom is -0.306 e. The third-order valence-electron chi connectivity index (χ3n) is 2.73. The minimum absolute atomic E-state index is 0.0959. The lowest BCUT2D eigenvalue weighted by Crippen LogP contribution is -2.31. The molecule has 0 saturated heterocycles. The molecule has 0 saturated carbocycles. The van der Waals surface area contributed by atoms with E-state index < -0.39 is 0 Å². The van der Waals surface area contributed by atoms with Crippen molar-refractivity contribution in [1.29, 1.82) is 0 Å². The van der Waals surface area contributed by atoms with Gasteiger partial charge in [0.1, 0.15) is 0 Å². The number of hydrogen-bond donors (Lipinski definition) is 2. The van der Waals surface area contributed by atoms with Crippen LogP contribution in [0, 0.1) is 0 Å². The van der Waals surface area contributed by atoms with E-state index in [1.165, 1.54) is 5.56 Å². The van der Waals surface area contributed by atoms with Crippen molar-refractivity contribution in [3.63, 3.8) is 0 Å². The Kier molecular flexibility index (Phi) is 6.29. The van der Waals surface area contributed by atoms with Gasteiger partial charge < -0.3 is 4.90 Å². The van der Waals surface area contributed by atoms with Gasteiger partial charge in [0, 0.05) is 13.0 Å². The van der Waals surface area contributed by atoms with Crippen molar-refractivity contribution >= 4 is 5.91 Å². The van der Waals surface area contributed by atoms with Gasteiger partial charge >= 0.3 is 0 Å². The van der Waals surface area contributed by atoms with Gasteiger partial charge in [-0.1, -0.05) is 30.3 Å². The van der Waals surface area contributed by atoms with Crippen LogP contribution >= 0.6 is 0 Å². The normalized spacial score (nSPS) is 10.5. The van der Waals surface area contributed by atoms with Crippen LogP contribution in [-0.4, -0.2) is 30.9 Å². The zero-order valence-corrected chi connectivity index (χ0v) is 10.4. The highest BCUT2D eigenvalue weighted by Crippen LogP contribution is 2.01. The van der Waals surface area contributed by atoms with Gasteiger partial charge in [0.2, 0.25) is 5.91 Å². The summed E-state index contributed by atoms with van der Waals surface area (Å²) in [6.45, 7) is 1.93. The number of hydrogen-bond acceptors (Lipinski definition) is 3. The Balaban J connectivity index is 2.13. The first-order chi connectivity index (χ1) is 8.22. The summed E-state index contributed by atoms with van der Waals surface area (Å²) >= 11 is 0. The summed E-state index contributed by atoms with van der Waals surface area (Å²) in [5.41, 5.74) is 3.49. The van der Waals surface area contributed by atoms with Crippen LogP contribution in [0.1, 0.15) is 18.4 Å². The van der Waals surface area contributed by atoms with E-state index in [9.17, 15) is 4.79 Å². The van der Waals surface area contributed by atoms with Crippen LogP contribution in [0.3, 0.4) is 0 Å². The fourth-order valence-corrected chi connectivity index (χ4v) is 1.66. The minimum atomic E-state index is -0.0959. The Morgan fingerprint density at radius 2 is 2.00 bits per heavy atom. The maximum absolute atomic E-state index is 10.9. The second-order valence-electron chi connectivity index (χ2n) is 4.21. The molecule has 0 bridgehead atoms. The molecule has 0 atom stereocenters. The molecule has 0 unspecified atom stereocenters. The summed E-state index contributed by atoms with van der Waals surface area (Å²) in [6, 6.07) is 10.4. The average Bonchev–Trinajstić information content (AvgIpc) is 2.37. The van der Waals surface area contributed by atoms with Gasteiger partial charge in [-0.25, -0.2) is 5.84 Å². The van der Waals surface area contributed by atoms with E-state index in [1.807, 2.05) is 6.07 Å². The number of nitrogens with zero attached hydrogens (tertiary/aromatic N) is 1. The van der Waals surface area contributed by atoms with Crippen LogP contribution in [0.4, 0.5) is 0 Å². The number of carbonyl (C=O) groups is 1. The predicted molar refractivity (Wildman–Crippen MR) is 69.2 cm³/mol. The van der Waals surface area contributed by atoms with Crippen LogP contribution in [-0.2, 0) is 11.2 Å². The molecule has 1 aromatic rings. The Bertz CT molecular complexity index is 327. The van der Waals surface area contributed by atoms with Crippen LogP contribution < -0.4 is 11.3 Å². The number of nitrogens with two attached hydrogens (primary N) is 1. The molecule has 1 rings (SSSR count). The summed E-state index contributed by atoms with van der Waals surface area (Å²) in [7, 11) is 2.07. The number of benzene rings is 1. The largest absolute Gasteiger partial charge is 0.306 e. The van der Waals surface area contributed by atoms with E-state index in [-0.39, 0.29) is 5.91 Å². The molecule has 0 spiro atoms. The van der Waals surface area contributed by atoms with Crippen LogP contribution in [0.15, 0.2) is 30.3 Å². The van der Waals surface area contributed by atoms with Gasteiger partial charge in [0.15, 0.2) is 0 Å². The monoisotopic (exact) mass is 235 g/mol. The first kappa shape index (κ1) is 13.7. The third-order valence-corrected chi connectivity index (χ3v) is 2.73. The summed E-state index contributed by atoms with van der Waals surface area (Å²) in [5.74, 6) is 4.91. The maximum Gasteiger partial charge on any atom is 0.233 e. The van der Waals surface area contributed by atoms with Crippen molar-refractivity contribution in [2.24, 2.45) is 5.84 Å². The Morgan fingerprint density at radius 1 is 1.29 bits per heavy atom. The van der Waals surface area contributed by atoms with E-state index in [0.717, 1.165) is 25.9 Å². The van der Waals surface area contributed by atoms with E-state index in [4.69, 9.17) is 5.84 Å². The molecule has 1 aromatic carbocycles. The summed E-state index contributed by atoms with van der Waals surface area (Å²) < 4.78 is 0. The summed E-state index contributed by atoms with van der Waals surface area (Å²) in [6.07, 6.45) is 2.38. The number of amides is 1. The average molecular weight is 235 g/mol. The van der Waals surface area contributed by atoms with Gasteiger partial charge in [0.25, 0.3) is 0 Å². The molecule has 0 aliphatic rings. The lowest BCUT2D eigenvalue weighted by molar-refractivity contribution is -0.121. The second kappa shape index (κ2) is 7.81. The first-order valence-electron chi connectivity index (χ1n) is 5.94. The van der Waals surface area contributed by atoms with E-state index in [1.54, 1.807) is 0 Å². The lowest BCUT2D eigenvalue weighted by Gasteiger charge is -2.16. The number of likely N-dealkylation sites (N-methyl/N-ethyl adjacent to an activating group) is 1. The van der Waals surface area contributed by atoms with E-state index in [2.05, 4.69) is 41.6 Å². The molecular formula is C13H21N3O. The molecule has 3 N–H and O–H groups in total. The van der Waals surface area contributed by atoms with Crippen molar-refractivity contribution in [3.8, 4) is 0 Å². The van der Waals surface area contributed by atoms with Crippen molar-refractivity contribution < 1.29 is 4.79 Å². The fraction of sp³-hybridized carbons (Fsp3) is 0.462. The molecule has 94 valence electrons. The number of nitrogens with one attached hydrogen (secondary N) is 1. The third kappa shape index (κ3) is 6.04. The SMILES string of the molecule is CN(CCCC(=O)NN)CCc1ccccc1.